The summed E-state index contributed by atoms with van der Waals surface area (Å²) in [5.74, 6) is -0.731. The molecule has 14 heavy (non-hydrogen) atoms. The van der Waals surface area contributed by atoms with E-state index in [1.165, 1.54) is 0 Å². The van der Waals surface area contributed by atoms with Crippen molar-refractivity contribution in [3.8, 4) is 0 Å². The van der Waals surface area contributed by atoms with Crippen molar-refractivity contribution in [2.75, 3.05) is 11.9 Å². The van der Waals surface area contributed by atoms with Gasteiger partial charge in [-0.15, -0.1) is 0 Å². The van der Waals surface area contributed by atoms with Gasteiger partial charge in [-0.1, -0.05) is 23.7 Å². The second-order valence-corrected chi connectivity index (χ2v) is 3.79. The molecule has 1 atom stereocenters. The first kappa shape index (κ1) is 9.34. The van der Waals surface area contributed by atoms with Crippen molar-refractivity contribution in [3.63, 3.8) is 0 Å². The molecule has 2 rings (SSSR count). The average molecular weight is 212 g/mol. The van der Waals surface area contributed by atoms with E-state index in [1.807, 2.05) is 12.1 Å². The van der Waals surface area contributed by atoms with E-state index in [-0.39, 0.29) is 12.3 Å². The lowest BCUT2D eigenvalue weighted by Gasteiger charge is -2.06. The maximum absolute atomic E-state index is 10.6. The van der Waals surface area contributed by atoms with Gasteiger partial charge < -0.3 is 10.4 Å². The first-order chi connectivity index (χ1) is 6.68. The Hall–Kier alpha value is -1.22. The van der Waals surface area contributed by atoms with Crippen molar-refractivity contribution in [3.05, 3.63) is 28.8 Å². The summed E-state index contributed by atoms with van der Waals surface area (Å²) >= 11 is 5.96. The number of carboxylic acids is 1. The van der Waals surface area contributed by atoms with E-state index < -0.39 is 5.97 Å². The van der Waals surface area contributed by atoms with Gasteiger partial charge in [-0.05, 0) is 11.6 Å². The van der Waals surface area contributed by atoms with E-state index in [9.17, 15) is 4.79 Å². The lowest BCUT2D eigenvalue weighted by Crippen LogP contribution is -2.07. The number of benzene rings is 1. The highest BCUT2D eigenvalue weighted by Gasteiger charge is 2.25. The summed E-state index contributed by atoms with van der Waals surface area (Å²) in [7, 11) is 0. The minimum Gasteiger partial charge on any atom is -0.481 e. The predicted octanol–water partition coefficient (Wildman–Crippen LogP) is 2.32. The first-order valence-electron chi connectivity index (χ1n) is 4.42. The standard InChI is InChI=1S/C10H10ClNO2/c11-8-3-1-2-7-6(4-9(13)14)5-12-10(7)8/h1-3,6,12H,4-5H2,(H,13,14). The molecule has 0 aromatic heterocycles. The van der Waals surface area contributed by atoms with Crippen LogP contribution in [-0.2, 0) is 4.79 Å². The van der Waals surface area contributed by atoms with Crippen LogP contribution in [0.3, 0.4) is 0 Å². The lowest BCUT2D eigenvalue weighted by atomic mass is 9.98. The van der Waals surface area contributed by atoms with Gasteiger partial charge in [-0.3, -0.25) is 4.79 Å². The number of anilines is 1. The minimum absolute atomic E-state index is 0.0428. The minimum atomic E-state index is -0.773. The Balaban J connectivity index is 2.30. The Morgan fingerprint density at radius 2 is 2.43 bits per heavy atom. The molecule has 1 aliphatic heterocycles. The molecule has 74 valence electrons. The van der Waals surface area contributed by atoms with Gasteiger partial charge in [0.05, 0.1) is 17.1 Å². The third kappa shape index (κ3) is 1.55. The van der Waals surface area contributed by atoms with Gasteiger partial charge in [0.25, 0.3) is 0 Å². The number of carboxylic acid groups (broad SMARTS) is 1. The molecule has 1 unspecified atom stereocenters. The quantitative estimate of drug-likeness (QED) is 0.790. The van der Waals surface area contributed by atoms with E-state index in [0.717, 1.165) is 11.3 Å². The molecular formula is C10H10ClNO2. The molecule has 1 heterocycles. The topological polar surface area (TPSA) is 49.3 Å². The Labute approximate surface area is 86.7 Å². The second-order valence-electron chi connectivity index (χ2n) is 3.38. The highest BCUT2D eigenvalue weighted by molar-refractivity contribution is 6.33. The molecule has 0 aliphatic carbocycles. The van der Waals surface area contributed by atoms with Crippen LogP contribution < -0.4 is 5.32 Å². The van der Waals surface area contributed by atoms with Crippen molar-refractivity contribution >= 4 is 23.3 Å². The highest BCUT2D eigenvalue weighted by atomic mass is 35.5. The highest BCUT2D eigenvalue weighted by Crippen LogP contribution is 2.38. The van der Waals surface area contributed by atoms with E-state index >= 15 is 0 Å². The number of para-hydroxylation sites is 1. The monoisotopic (exact) mass is 211 g/mol. The second kappa shape index (κ2) is 3.50. The number of hydrogen-bond donors (Lipinski definition) is 2. The molecule has 0 amide bonds. The van der Waals surface area contributed by atoms with E-state index in [4.69, 9.17) is 16.7 Å². The molecule has 0 radical (unpaired) electrons. The van der Waals surface area contributed by atoms with Crippen LogP contribution in [0.4, 0.5) is 5.69 Å². The first-order valence-corrected chi connectivity index (χ1v) is 4.80. The van der Waals surface area contributed by atoms with Gasteiger partial charge >= 0.3 is 5.97 Å². The molecule has 0 fully saturated rings. The number of hydrogen-bond acceptors (Lipinski definition) is 2. The molecule has 3 nitrogen and oxygen atoms in total. The molecule has 0 saturated carbocycles. The van der Waals surface area contributed by atoms with E-state index in [0.29, 0.717) is 11.6 Å². The zero-order chi connectivity index (χ0) is 10.1. The van der Waals surface area contributed by atoms with Crippen LogP contribution in [0.25, 0.3) is 0 Å². The van der Waals surface area contributed by atoms with Crippen LogP contribution in [0.1, 0.15) is 17.9 Å². The van der Waals surface area contributed by atoms with Gasteiger partial charge in [0.2, 0.25) is 0 Å². The molecule has 4 heteroatoms. The summed E-state index contributed by atoms with van der Waals surface area (Å²) in [6.45, 7) is 0.658. The molecule has 1 aromatic rings. The smallest absolute Gasteiger partial charge is 0.304 e. The maximum Gasteiger partial charge on any atom is 0.304 e. The lowest BCUT2D eigenvalue weighted by molar-refractivity contribution is -0.137. The van der Waals surface area contributed by atoms with Crippen LogP contribution in [0, 0.1) is 0 Å². The van der Waals surface area contributed by atoms with Gasteiger partial charge in [-0.25, -0.2) is 0 Å². The van der Waals surface area contributed by atoms with Crippen LogP contribution >= 0.6 is 11.6 Å². The third-order valence-electron chi connectivity index (χ3n) is 2.43. The van der Waals surface area contributed by atoms with Gasteiger partial charge in [0.15, 0.2) is 0 Å². The number of halogens is 1. The number of rotatable bonds is 2. The maximum atomic E-state index is 10.6. The van der Waals surface area contributed by atoms with Gasteiger partial charge in [0.1, 0.15) is 0 Å². The molecule has 1 aliphatic rings. The largest absolute Gasteiger partial charge is 0.481 e. The molecule has 2 N–H and O–H groups in total. The van der Waals surface area contributed by atoms with Crippen LogP contribution in [-0.4, -0.2) is 17.6 Å². The number of fused-ring (bicyclic) bond motifs is 1. The van der Waals surface area contributed by atoms with Crippen molar-refractivity contribution < 1.29 is 9.90 Å². The fourth-order valence-electron chi connectivity index (χ4n) is 1.80. The number of carbonyl (C=O) groups is 1. The molecule has 0 bridgehead atoms. The zero-order valence-electron chi connectivity index (χ0n) is 7.46. The molecular weight excluding hydrogens is 202 g/mol. The Kier molecular flexibility index (Phi) is 2.33. The van der Waals surface area contributed by atoms with Crippen molar-refractivity contribution in [2.45, 2.75) is 12.3 Å². The van der Waals surface area contributed by atoms with Crippen LogP contribution in [0.2, 0.25) is 5.02 Å². The SMILES string of the molecule is O=C(O)CC1CNc2c(Cl)cccc21. The zero-order valence-corrected chi connectivity index (χ0v) is 8.21. The van der Waals surface area contributed by atoms with Crippen molar-refractivity contribution in [1.29, 1.82) is 0 Å². The fourth-order valence-corrected chi connectivity index (χ4v) is 2.04. The third-order valence-corrected chi connectivity index (χ3v) is 2.75. The summed E-state index contributed by atoms with van der Waals surface area (Å²) in [5, 5.41) is 12.5. The van der Waals surface area contributed by atoms with Crippen LogP contribution in [0.5, 0.6) is 0 Å². The Morgan fingerprint density at radius 1 is 1.64 bits per heavy atom. The number of aliphatic carboxylic acids is 1. The summed E-state index contributed by atoms with van der Waals surface area (Å²) in [6.07, 6.45) is 0.153. The molecule has 0 saturated heterocycles. The average Bonchev–Trinajstić information content (AvgIpc) is 2.49. The van der Waals surface area contributed by atoms with Gasteiger partial charge in [-0.2, -0.15) is 0 Å². The Bertz CT molecular complexity index is 378. The fraction of sp³-hybridized carbons (Fsp3) is 0.300. The summed E-state index contributed by atoms with van der Waals surface area (Å²) in [5.41, 5.74) is 1.90. The number of nitrogens with one attached hydrogen (secondary N) is 1. The van der Waals surface area contributed by atoms with E-state index in [2.05, 4.69) is 5.32 Å². The molecule has 0 spiro atoms. The van der Waals surface area contributed by atoms with Crippen molar-refractivity contribution in [2.24, 2.45) is 0 Å². The van der Waals surface area contributed by atoms with Crippen LogP contribution in [0.15, 0.2) is 18.2 Å². The van der Waals surface area contributed by atoms with Crippen molar-refractivity contribution in [1.82, 2.24) is 0 Å². The summed E-state index contributed by atoms with van der Waals surface area (Å²) in [6, 6.07) is 5.58. The summed E-state index contributed by atoms with van der Waals surface area (Å²) < 4.78 is 0. The predicted molar refractivity (Wildman–Crippen MR) is 54.9 cm³/mol. The van der Waals surface area contributed by atoms with Gasteiger partial charge in [0, 0.05) is 12.5 Å². The summed E-state index contributed by atoms with van der Waals surface area (Å²) in [4.78, 5) is 10.6. The van der Waals surface area contributed by atoms with E-state index in [1.54, 1.807) is 6.07 Å². The Morgan fingerprint density at radius 3 is 3.14 bits per heavy atom. The normalized spacial score (nSPS) is 18.8. The molecule has 1 aromatic carbocycles.